The van der Waals surface area contributed by atoms with Crippen LogP contribution in [0.25, 0.3) is 0 Å². The van der Waals surface area contributed by atoms with Crippen LogP contribution in [-0.4, -0.2) is 98.6 Å². The van der Waals surface area contributed by atoms with E-state index in [1.807, 2.05) is 13.8 Å². The molecule has 1 N–H and O–H groups in total. The van der Waals surface area contributed by atoms with Gasteiger partial charge in [0, 0.05) is 38.6 Å². The number of aliphatic hydroxyl groups excluding tert-OH is 1. The SMILES string of the molecule is C=C([C@H](C)CC(CCCO[Si](C)(C)C(C)(C)C)O[Si](C)(C)C(C)(C)C)[C@H](O)C[C@@H]1O[C@H](C[C@H]2COC(C)(C)O2)[C@H](OC)[C@H]1CS(=O)(=O)c1ccccc1. The highest BCUT2D eigenvalue weighted by molar-refractivity contribution is 7.91. The van der Waals surface area contributed by atoms with E-state index >= 15 is 0 Å². The number of sulfone groups is 1. The van der Waals surface area contributed by atoms with Gasteiger partial charge in [0.25, 0.3) is 0 Å². The van der Waals surface area contributed by atoms with Crippen molar-refractivity contribution in [1.82, 2.24) is 0 Å². The van der Waals surface area contributed by atoms with E-state index in [1.54, 1.807) is 37.4 Å². The molecule has 8 atom stereocenters. The summed E-state index contributed by atoms with van der Waals surface area (Å²) in [6, 6.07) is 8.48. The van der Waals surface area contributed by atoms with Crippen LogP contribution in [0.2, 0.25) is 36.3 Å². The van der Waals surface area contributed by atoms with E-state index in [9.17, 15) is 13.5 Å². The van der Waals surface area contributed by atoms with Crippen LogP contribution >= 0.6 is 0 Å². The molecule has 2 aliphatic heterocycles. The quantitative estimate of drug-likeness (QED) is 0.0834. The average Bonchev–Trinajstić information content (AvgIpc) is 3.54. The molecular formula is C41H74O9SSi2. The molecule has 1 unspecified atom stereocenters. The van der Waals surface area contributed by atoms with Gasteiger partial charge in [-0.25, -0.2) is 8.42 Å². The minimum atomic E-state index is -3.68. The molecule has 306 valence electrons. The normalized spacial score (nSPS) is 26.1. The molecule has 1 aromatic rings. The Morgan fingerprint density at radius 2 is 1.62 bits per heavy atom. The van der Waals surface area contributed by atoms with E-state index in [-0.39, 0.29) is 45.3 Å². The predicted molar refractivity (Wildman–Crippen MR) is 219 cm³/mol. The summed E-state index contributed by atoms with van der Waals surface area (Å²) in [6.07, 6.45) is 0.504. The van der Waals surface area contributed by atoms with Crippen molar-refractivity contribution in [2.24, 2.45) is 11.8 Å². The highest BCUT2D eigenvalue weighted by Crippen LogP contribution is 2.42. The first-order valence-corrected chi connectivity index (χ1v) is 27.1. The summed E-state index contributed by atoms with van der Waals surface area (Å²) in [5, 5.41) is 12.0. The highest BCUT2D eigenvalue weighted by Gasteiger charge is 2.49. The maximum absolute atomic E-state index is 13.7. The fourth-order valence-corrected chi connectivity index (χ4v) is 11.0. The van der Waals surface area contributed by atoms with Crippen molar-refractivity contribution in [2.45, 2.75) is 178 Å². The van der Waals surface area contributed by atoms with Crippen molar-refractivity contribution in [2.75, 3.05) is 26.1 Å². The summed E-state index contributed by atoms with van der Waals surface area (Å²) in [6.45, 7) is 34.1. The molecule has 0 spiro atoms. The van der Waals surface area contributed by atoms with Gasteiger partial charge in [-0.15, -0.1) is 0 Å². The number of ether oxygens (including phenoxy) is 4. The Labute approximate surface area is 325 Å². The molecule has 0 bridgehead atoms. The largest absolute Gasteiger partial charge is 0.417 e. The van der Waals surface area contributed by atoms with Crippen LogP contribution in [0.15, 0.2) is 47.4 Å². The lowest BCUT2D eigenvalue weighted by molar-refractivity contribution is -0.144. The second-order valence-electron chi connectivity index (χ2n) is 19.1. The summed E-state index contributed by atoms with van der Waals surface area (Å²) in [5.74, 6) is -1.43. The van der Waals surface area contributed by atoms with Crippen molar-refractivity contribution < 1.29 is 41.3 Å². The van der Waals surface area contributed by atoms with E-state index in [1.165, 1.54) is 0 Å². The minimum Gasteiger partial charge on any atom is -0.417 e. The molecule has 1 aromatic carbocycles. The first-order chi connectivity index (χ1) is 24.2. The van der Waals surface area contributed by atoms with Gasteiger partial charge < -0.3 is 32.9 Å². The van der Waals surface area contributed by atoms with Gasteiger partial charge in [-0.2, -0.15) is 0 Å². The Balaban J connectivity index is 1.78. The van der Waals surface area contributed by atoms with Gasteiger partial charge in [-0.3, -0.25) is 0 Å². The third-order valence-electron chi connectivity index (χ3n) is 12.3. The lowest BCUT2D eigenvalue weighted by atomic mass is 9.86. The Bertz CT molecular complexity index is 1420. The number of aliphatic hydroxyl groups is 1. The van der Waals surface area contributed by atoms with Crippen molar-refractivity contribution in [3.63, 3.8) is 0 Å². The maximum atomic E-state index is 13.7. The molecule has 0 aromatic heterocycles. The minimum absolute atomic E-state index is 0.00974. The van der Waals surface area contributed by atoms with Gasteiger partial charge in [0.15, 0.2) is 32.3 Å². The van der Waals surface area contributed by atoms with Crippen molar-refractivity contribution in [3.05, 3.63) is 42.5 Å². The standard InChI is InChI=1S/C41H74O9SSi2/c1-29(24-31(50-53(14,15)40(6,7)8)20-19-23-47-52(12,13)39(3,4)5)30(2)35(42)26-36-34(28-51(43,44)33-21-17-16-18-22-33)38(45-11)37(48-36)25-32-27-46-41(9,10)49-32/h16-18,21-22,29,31-32,34-38,42H,2,19-20,23-28H2,1,3-15H3/t29-,31?,32+,34+,35-,36+,37-,38-/m1/s1. The van der Waals surface area contributed by atoms with Crippen molar-refractivity contribution >= 4 is 26.5 Å². The van der Waals surface area contributed by atoms with Crippen molar-refractivity contribution in [1.29, 1.82) is 0 Å². The Hall–Kier alpha value is -0.936. The summed E-state index contributed by atoms with van der Waals surface area (Å²) < 4.78 is 65.5. The lowest BCUT2D eigenvalue weighted by Gasteiger charge is -2.40. The third kappa shape index (κ3) is 12.8. The van der Waals surface area contributed by atoms with E-state index in [0.717, 1.165) is 19.3 Å². The average molecular weight is 799 g/mol. The number of benzene rings is 1. The zero-order valence-corrected chi connectivity index (χ0v) is 38.3. The predicted octanol–water partition coefficient (Wildman–Crippen LogP) is 8.93. The zero-order valence-electron chi connectivity index (χ0n) is 35.5. The first kappa shape index (κ1) is 46.4. The first-order valence-electron chi connectivity index (χ1n) is 19.7. The lowest BCUT2D eigenvalue weighted by Crippen LogP contribution is -2.44. The Morgan fingerprint density at radius 3 is 2.15 bits per heavy atom. The summed E-state index contributed by atoms with van der Waals surface area (Å²) in [5.41, 5.74) is 0.700. The van der Waals surface area contributed by atoms with Crippen LogP contribution in [0.3, 0.4) is 0 Å². The molecule has 2 fully saturated rings. The molecule has 12 heteroatoms. The number of methoxy groups -OCH3 is 1. The molecule has 3 rings (SSSR count). The molecule has 0 radical (unpaired) electrons. The van der Waals surface area contributed by atoms with Crippen LogP contribution in [0.5, 0.6) is 0 Å². The van der Waals surface area contributed by atoms with Crippen LogP contribution in [0.1, 0.15) is 94.4 Å². The van der Waals surface area contributed by atoms with E-state index in [2.05, 4.69) is 81.2 Å². The molecule has 2 saturated heterocycles. The topological polar surface area (TPSA) is 110 Å². The zero-order chi connectivity index (χ0) is 40.2. The van der Waals surface area contributed by atoms with Crippen molar-refractivity contribution in [3.8, 4) is 0 Å². The molecule has 2 aliphatic rings. The van der Waals surface area contributed by atoms with Crippen LogP contribution in [-0.2, 0) is 37.6 Å². The summed E-state index contributed by atoms with van der Waals surface area (Å²) in [7, 11) is -6.03. The third-order valence-corrected chi connectivity index (χ3v) is 23.2. The van der Waals surface area contributed by atoms with Crippen LogP contribution < -0.4 is 0 Å². The number of rotatable bonds is 19. The van der Waals surface area contributed by atoms with Crippen LogP contribution in [0.4, 0.5) is 0 Å². The Kier molecular flexibility index (Phi) is 15.9. The molecule has 0 aliphatic carbocycles. The second-order valence-corrected chi connectivity index (χ2v) is 30.7. The molecule has 53 heavy (non-hydrogen) atoms. The Morgan fingerprint density at radius 1 is 1.02 bits per heavy atom. The van der Waals surface area contributed by atoms with Gasteiger partial charge in [-0.05, 0) is 93.0 Å². The fraction of sp³-hybridized carbons (Fsp3) is 0.805. The molecule has 9 nitrogen and oxygen atoms in total. The fourth-order valence-electron chi connectivity index (χ4n) is 6.87. The van der Waals surface area contributed by atoms with Crippen LogP contribution in [0, 0.1) is 11.8 Å². The molecule has 0 amide bonds. The summed E-state index contributed by atoms with van der Waals surface area (Å²) >= 11 is 0. The molecular weight excluding hydrogens is 725 g/mol. The van der Waals surface area contributed by atoms with Gasteiger partial charge in [0.05, 0.1) is 47.8 Å². The van der Waals surface area contributed by atoms with Gasteiger partial charge >= 0.3 is 0 Å². The van der Waals surface area contributed by atoms with E-state index in [0.29, 0.717) is 25.2 Å². The number of hydrogen-bond donors (Lipinski definition) is 1. The van der Waals surface area contributed by atoms with E-state index < -0.39 is 62.6 Å². The monoisotopic (exact) mass is 798 g/mol. The van der Waals surface area contributed by atoms with Gasteiger partial charge in [0.2, 0.25) is 0 Å². The summed E-state index contributed by atoms with van der Waals surface area (Å²) in [4.78, 5) is 0.257. The molecule has 0 saturated carbocycles. The van der Waals surface area contributed by atoms with Gasteiger partial charge in [0.1, 0.15) is 0 Å². The maximum Gasteiger partial charge on any atom is 0.192 e. The molecule has 2 heterocycles. The smallest absolute Gasteiger partial charge is 0.192 e. The van der Waals surface area contributed by atoms with Gasteiger partial charge in [-0.1, -0.05) is 73.2 Å². The highest BCUT2D eigenvalue weighted by atomic mass is 32.2. The van der Waals surface area contributed by atoms with E-state index in [4.69, 9.17) is 27.8 Å². The second kappa shape index (κ2) is 18.1. The number of hydrogen-bond acceptors (Lipinski definition) is 9.